The summed E-state index contributed by atoms with van der Waals surface area (Å²) in [7, 11) is 0. The summed E-state index contributed by atoms with van der Waals surface area (Å²) in [6, 6.07) is 11.5. The molecule has 0 radical (unpaired) electrons. The van der Waals surface area contributed by atoms with E-state index in [0.717, 1.165) is 5.56 Å². The molecule has 0 saturated heterocycles. The second-order valence-corrected chi connectivity index (χ2v) is 5.48. The molecule has 0 atom stereocenters. The van der Waals surface area contributed by atoms with Gasteiger partial charge in [0.25, 0.3) is 0 Å². The van der Waals surface area contributed by atoms with E-state index in [2.05, 4.69) is 0 Å². The van der Waals surface area contributed by atoms with Crippen LogP contribution in [0.1, 0.15) is 11.3 Å². The van der Waals surface area contributed by atoms with Crippen LogP contribution in [0.2, 0.25) is 5.02 Å². The summed E-state index contributed by atoms with van der Waals surface area (Å²) in [6.07, 6.45) is -4.73. The number of ether oxygens (including phenoxy) is 1. The van der Waals surface area contributed by atoms with Crippen LogP contribution in [-0.4, -0.2) is 0 Å². The van der Waals surface area contributed by atoms with E-state index in [-0.39, 0.29) is 17.6 Å². The highest BCUT2D eigenvalue weighted by Crippen LogP contribution is 2.31. The number of fused-ring (bicyclic) bond motifs is 1. The van der Waals surface area contributed by atoms with E-state index in [1.807, 2.05) is 0 Å². The van der Waals surface area contributed by atoms with Gasteiger partial charge in [0.15, 0.2) is 5.43 Å². The van der Waals surface area contributed by atoms with E-state index in [4.69, 9.17) is 20.8 Å². The van der Waals surface area contributed by atoms with Crippen molar-refractivity contribution in [2.24, 2.45) is 0 Å². The Morgan fingerprint density at radius 3 is 2.42 bits per heavy atom. The molecule has 1 aromatic heterocycles. The summed E-state index contributed by atoms with van der Waals surface area (Å²) < 4.78 is 48.5. The Balaban J connectivity index is 1.89. The quantitative estimate of drug-likeness (QED) is 0.661. The van der Waals surface area contributed by atoms with Crippen LogP contribution < -0.4 is 10.2 Å². The van der Waals surface area contributed by atoms with Gasteiger partial charge in [0.2, 0.25) is 5.76 Å². The van der Waals surface area contributed by atoms with Crippen molar-refractivity contribution in [3.63, 3.8) is 0 Å². The standard InChI is InChI=1S/C17H10ClF3O3/c18-11-3-1-10(2-4-11)9-23-12-5-6-13-14(22)8-16(17(19,20)21)24-15(13)7-12/h1-8H,9H2. The van der Waals surface area contributed by atoms with Gasteiger partial charge in [0, 0.05) is 17.2 Å². The molecule has 0 aliphatic heterocycles. The average molecular weight is 355 g/mol. The Morgan fingerprint density at radius 1 is 1.04 bits per heavy atom. The average Bonchev–Trinajstić information content (AvgIpc) is 2.53. The lowest BCUT2D eigenvalue weighted by molar-refractivity contribution is -0.152. The summed E-state index contributed by atoms with van der Waals surface area (Å²) in [4.78, 5) is 11.8. The molecule has 24 heavy (non-hydrogen) atoms. The van der Waals surface area contributed by atoms with Crippen molar-refractivity contribution in [1.29, 1.82) is 0 Å². The van der Waals surface area contributed by atoms with Crippen molar-refractivity contribution in [2.45, 2.75) is 12.8 Å². The third kappa shape index (κ3) is 3.54. The Bertz CT molecular complexity index is 930. The lowest BCUT2D eigenvalue weighted by Gasteiger charge is -2.09. The molecule has 0 fully saturated rings. The maximum atomic E-state index is 12.7. The van der Waals surface area contributed by atoms with E-state index < -0.39 is 17.4 Å². The second-order valence-electron chi connectivity index (χ2n) is 5.05. The summed E-state index contributed by atoms with van der Waals surface area (Å²) in [5.74, 6) is -1.05. The minimum atomic E-state index is -4.73. The van der Waals surface area contributed by atoms with Gasteiger partial charge >= 0.3 is 6.18 Å². The molecule has 3 nitrogen and oxygen atoms in total. The van der Waals surface area contributed by atoms with Crippen LogP contribution in [0.3, 0.4) is 0 Å². The third-order valence-electron chi connectivity index (χ3n) is 3.30. The van der Waals surface area contributed by atoms with Crippen LogP contribution in [0.4, 0.5) is 13.2 Å². The predicted molar refractivity (Wildman–Crippen MR) is 83.3 cm³/mol. The van der Waals surface area contributed by atoms with Gasteiger partial charge in [-0.05, 0) is 29.8 Å². The summed E-state index contributed by atoms with van der Waals surface area (Å²) >= 11 is 5.79. The fourth-order valence-corrected chi connectivity index (χ4v) is 2.24. The van der Waals surface area contributed by atoms with E-state index >= 15 is 0 Å². The molecule has 3 aromatic rings. The molecule has 0 aliphatic carbocycles. The van der Waals surface area contributed by atoms with E-state index in [0.29, 0.717) is 16.8 Å². The van der Waals surface area contributed by atoms with Gasteiger partial charge in [0.05, 0.1) is 5.39 Å². The molecule has 0 saturated carbocycles. The molecule has 1 heterocycles. The Kier molecular flexibility index (Phi) is 4.24. The van der Waals surface area contributed by atoms with Crippen molar-refractivity contribution in [1.82, 2.24) is 0 Å². The topological polar surface area (TPSA) is 39.4 Å². The summed E-state index contributed by atoms with van der Waals surface area (Å²) in [6.45, 7) is 0.200. The number of benzene rings is 2. The van der Waals surface area contributed by atoms with Gasteiger partial charge in [-0.1, -0.05) is 23.7 Å². The van der Waals surface area contributed by atoms with Gasteiger partial charge in [-0.15, -0.1) is 0 Å². The molecule has 0 spiro atoms. The highest BCUT2D eigenvalue weighted by molar-refractivity contribution is 6.30. The normalized spacial score (nSPS) is 11.7. The largest absolute Gasteiger partial charge is 0.489 e. The van der Waals surface area contributed by atoms with Gasteiger partial charge < -0.3 is 9.15 Å². The number of alkyl halides is 3. The number of hydrogen-bond acceptors (Lipinski definition) is 3. The first-order valence-corrected chi connectivity index (χ1v) is 7.23. The molecule has 0 N–H and O–H groups in total. The molecule has 0 amide bonds. The Morgan fingerprint density at radius 2 is 1.75 bits per heavy atom. The molecule has 2 aromatic carbocycles. The maximum Gasteiger partial charge on any atom is 0.449 e. The van der Waals surface area contributed by atoms with Crippen LogP contribution in [0, 0.1) is 0 Å². The summed E-state index contributed by atoms with van der Waals surface area (Å²) in [5, 5.41) is 0.646. The SMILES string of the molecule is O=c1cc(C(F)(F)F)oc2cc(OCc3ccc(Cl)cc3)ccc12. The highest BCUT2D eigenvalue weighted by Gasteiger charge is 2.34. The second kappa shape index (κ2) is 6.20. The first-order valence-electron chi connectivity index (χ1n) is 6.85. The smallest absolute Gasteiger partial charge is 0.449 e. The van der Waals surface area contributed by atoms with Crippen molar-refractivity contribution in [3.8, 4) is 5.75 Å². The summed E-state index contributed by atoms with van der Waals surface area (Å²) in [5.41, 5.74) is -0.0961. The molecular formula is C17H10ClF3O3. The van der Waals surface area contributed by atoms with Crippen LogP contribution >= 0.6 is 11.6 Å². The third-order valence-corrected chi connectivity index (χ3v) is 3.55. The van der Waals surface area contributed by atoms with Gasteiger partial charge in [-0.25, -0.2) is 0 Å². The van der Waals surface area contributed by atoms with Crippen molar-refractivity contribution in [3.05, 3.63) is 75.1 Å². The minimum Gasteiger partial charge on any atom is -0.489 e. The van der Waals surface area contributed by atoms with E-state index in [1.165, 1.54) is 18.2 Å². The fraction of sp³-hybridized carbons (Fsp3) is 0.118. The van der Waals surface area contributed by atoms with Crippen LogP contribution in [0.5, 0.6) is 5.75 Å². The number of halogens is 4. The zero-order valence-electron chi connectivity index (χ0n) is 12.1. The molecule has 124 valence electrons. The van der Waals surface area contributed by atoms with Gasteiger partial charge in [-0.3, -0.25) is 4.79 Å². The minimum absolute atomic E-state index is 0.0573. The Hall–Kier alpha value is -2.47. The first-order chi connectivity index (χ1) is 11.3. The molecule has 0 aliphatic rings. The van der Waals surface area contributed by atoms with Crippen molar-refractivity contribution < 1.29 is 22.3 Å². The number of rotatable bonds is 3. The van der Waals surface area contributed by atoms with Crippen LogP contribution in [0.25, 0.3) is 11.0 Å². The van der Waals surface area contributed by atoms with E-state index in [1.54, 1.807) is 24.3 Å². The van der Waals surface area contributed by atoms with Gasteiger partial charge in [0.1, 0.15) is 17.9 Å². The monoisotopic (exact) mass is 354 g/mol. The van der Waals surface area contributed by atoms with Crippen LogP contribution in [0.15, 0.2) is 57.7 Å². The first kappa shape index (κ1) is 16.4. The van der Waals surface area contributed by atoms with Crippen LogP contribution in [-0.2, 0) is 12.8 Å². The molecule has 0 unspecified atom stereocenters. The molecule has 0 bridgehead atoms. The zero-order valence-corrected chi connectivity index (χ0v) is 12.8. The maximum absolute atomic E-state index is 12.7. The van der Waals surface area contributed by atoms with Crippen molar-refractivity contribution >= 4 is 22.6 Å². The fourth-order valence-electron chi connectivity index (χ4n) is 2.11. The van der Waals surface area contributed by atoms with E-state index in [9.17, 15) is 18.0 Å². The van der Waals surface area contributed by atoms with Gasteiger partial charge in [-0.2, -0.15) is 13.2 Å². The number of hydrogen-bond donors (Lipinski definition) is 0. The zero-order chi connectivity index (χ0) is 17.3. The molecular weight excluding hydrogens is 345 g/mol. The lowest BCUT2D eigenvalue weighted by Crippen LogP contribution is -2.10. The Labute approximate surface area is 139 Å². The molecule has 7 heteroatoms. The predicted octanol–water partition coefficient (Wildman–Crippen LogP) is 5.04. The lowest BCUT2D eigenvalue weighted by atomic mass is 10.2. The van der Waals surface area contributed by atoms with Crippen molar-refractivity contribution in [2.75, 3.05) is 0 Å². The highest BCUT2D eigenvalue weighted by atomic mass is 35.5. The molecule has 3 rings (SSSR count).